The van der Waals surface area contributed by atoms with Crippen molar-refractivity contribution in [3.8, 4) is 0 Å². The number of ether oxygens (including phenoxy) is 1. The number of carboxylic acids is 1. The van der Waals surface area contributed by atoms with Gasteiger partial charge in [-0.3, -0.25) is 0 Å². The first-order chi connectivity index (χ1) is 7.31. The summed E-state index contributed by atoms with van der Waals surface area (Å²) in [6.45, 7) is 1.46. The highest BCUT2D eigenvalue weighted by molar-refractivity contribution is 8.00. The number of carbonyl (C=O) groups is 2. The van der Waals surface area contributed by atoms with Gasteiger partial charge in [-0.25, -0.2) is 9.59 Å². The number of hydrogen-bond donors (Lipinski definition) is 3. The molecule has 0 saturated heterocycles. The fraction of sp³-hybridized carbons (Fsp3) is 0.200. The van der Waals surface area contributed by atoms with Crippen molar-refractivity contribution in [3.05, 3.63) is 35.4 Å². The van der Waals surface area contributed by atoms with E-state index in [2.05, 4.69) is 25.3 Å². The smallest absolute Gasteiger partial charge is 0.341 e. The lowest BCUT2D eigenvalue weighted by Crippen LogP contribution is -2.20. The molecule has 0 spiro atoms. The predicted octanol–water partition coefficient (Wildman–Crippen LogP) is 2.07. The average Bonchev–Trinajstić information content (AvgIpc) is 2.15. The fourth-order valence-corrected chi connectivity index (χ4v) is 1.24. The monoisotopic (exact) mass is 258 g/mol. The zero-order chi connectivity index (χ0) is 12.3. The maximum atomic E-state index is 11.6. The van der Waals surface area contributed by atoms with E-state index in [9.17, 15) is 9.59 Å². The van der Waals surface area contributed by atoms with Gasteiger partial charge in [-0.15, -0.1) is 25.3 Å². The Bertz CT molecular complexity index is 423. The molecule has 16 heavy (non-hydrogen) atoms. The van der Waals surface area contributed by atoms with Crippen LogP contribution in [0, 0.1) is 0 Å². The molecule has 0 bridgehead atoms. The van der Waals surface area contributed by atoms with Crippen LogP contribution in [-0.4, -0.2) is 21.3 Å². The fourth-order valence-electron chi connectivity index (χ4n) is 1.08. The molecule has 0 aromatic heterocycles. The van der Waals surface area contributed by atoms with Crippen LogP contribution in [0.1, 0.15) is 27.6 Å². The van der Waals surface area contributed by atoms with Gasteiger partial charge in [-0.1, -0.05) is 12.1 Å². The largest absolute Gasteiger partial charge is 0.478 e. The van der Waals surface area contributed by atoms with Crippen LogP contribution in [0.2, 0.25) is 0 Å². The molecule has 0 radical (unpaired) electrons. The third-order valence-corrected chi connectivity index (χ3v) is 1.85. The summed E-state index contributed by atoms with van der Waals surface area (Å²) in [7, 11) is 0. The van der Waals surface area contributed by atoms with E-state index in [0.29, 0.717) is 0 Å². The second-order valence-electron chi connectivity index (χ2n) is 3.17. The van der Waals surface area contributed by atoms with Gasteiger partial charge in [0.25, 0.3) is 0 Å². The third kappa shape index (κ3) is 3.46. The summed E-state index contributed by atoms with van der Waals surface area (Å²) in [5, 5.41) is 8.87. The molecule has 0 aliphatic heterocycles. The highest BCUT2D eigenvalue weighted by atomic mass is 32.2. The molecule has 6 heteroatoms. The van der Waals surface area contributed by atoms with Gasteiger partial charge in [0.05, 0.1) is 11.1 Å². The topological polar surface area (TPSA) is 63.6 Å². The van der Waals surface area contributed by atoms with E-state index in [-0.39, 0.29) is 11.1 Å². The van der Waals surface area contributed by atoms with E-state index in [1.807, 2.05) is 0 Å². The molecule has 0 aliphatic carbocycles. The minimum Gasteiger partial charge on any atom is -0.478 e. The van der Waals surface area contributed by atoms with Crippen molar-refractivity contribution >= 4 is 37.2 Å². The summed E-state index contributed by atoms with van der Waals surface area (Å²) in [5.74, 6) is -1.96. The van der Waals surface area contributed by atoms with Crippen LogP contribution in [0.3, 0.4) is 0 Å². The Morgan fingerprint density at radius 1 is 1.25 bits per heavy atom. The number of thiol groups is 2. The first kappa shape index (κ1) is 12.9. The number of carbonyl (C=O) groups excluding carboxylic acids is 1. The summed E-state index contributed by atoms with van der Waals surface area (Å²) < 4.78 is 3.59. The van der Waals surface area contributed by atoms with Gasteiger partial charge in [0.2, 0.25) is 0 Å². The standard InChI is InChI=1S/C10H10O4S2/c1-10(15,16)14-9(13)7-5-3-2-4-6(7)8(11)12/h2-5,15-16H,1H3,(H,11,12). The van der Waals surface area contributed by atoms with Crippen LogP contribution in [0.5, 0.6) is 0 Å². The second-order valence-corrected chi connectivity index (χ2v) is 5.23. The lowest BCUT2D eigenvalue weighted by molar-refractivity contribution is 0.0431. The van der Waals surface area contributed by atoms with Crippen molar-refractivity contribution in [2.45, 2.75) is 11.2 Å². The Balaban J connectivity index is 3.04. The summed E-state index contributed by atoms with van der Waals surface area (Å²) in [5.41, 5.74) is -0.136. The first-order valence-electron chi connectivity index (χ1n) is 4.31. The van der Waals surface area contributed by atoms with E-state index in [1.165, 1.54) is 25.1 Å². The van der Waals surface area contributed by atoms with E-state index in [4.69, 9.17) is 9.84 Å². The van der Waals surface area contributed by atoms with Gasteiger partial charge >= 0.3 is 11.9 Å². The average molecular weight is 258 g/mol. The van der Waals surface area contributed by atoms with Gasteiger partial charge < -0.3 is 9.84 Å². The maximum absolute atomic E-state index is 11.6. The van der Waals surface area contributed by atoms with Crippen LogP contribution in [-0.2, 0) is 4.74 Å². The Morgan fingerprint density at radius 2 is 1.75 bits per heavy atom. The molecule has 0 aliphatic rings. The number of aromatic carboxylic acids is 1. The SMILES string of the molecule is CC(S)(S)OC(=O)c1ccccc1C(=O)O. The van der Waals surface area contributed by atoms with Gasteiger partial charge in [0.1, 0.15) is 0 Å². The number of rotatable bonds is 3. The molecule has 0 fully saturated rings. The quantitative estimate of drug-likeness (QED) is 0.441. The summed E-state index contributed by atoms with van der Waals surface area (Å²) in [4.78, 5) is 22.4. The van der Waals surface area contributed by atoms with Crippen LogP contribution in [0.25, 0.3) is 0 Å². The molecule has 1 N–H and O–H groups in total. The molecule has 1 aromatic carbocycles. The van der Waals surface area contributed by atoms with Crippen molar-refractivity contribution in [3.63, 3.8) is 0 Å². The first-order valence-corrected chi connectivity index (χ1v) is 5.21. The molecule has 4 nitrogen and oxygen atoms in total. The lowest BCUT2D eigenvalue weighted by atomic mass is 10.1. The summed E-state index contributed by atoms with van der Waals surface area (Å²) in [6, 6.07) is 5.78. The molecular formula is C10H10O4S2. The summed E-state index contributed by atoms with van der Waals surface area (Å²) >= 11 is 7.81. The molecule has 0 atom stereocenters. The van der Waals surface area contributed by atoms with Gasteiger partial charge in [-0.05, 0) is 19.1 Å². The van der Waals surface area contributed by atoms with Crippen LogP contribution in [0.15, 0.2) is 24.3 Å². The number of esters is 1. The highest BCUT2D eigenvalue weighted by Crippen LogP contribution is 2.22. The third-order valence-electron chi connectivity index (χ3n) is 1.66. The molecular weight excluding hydrogens is 248 g/mol. The van der Waals surface area contributed by atoms with Crippen molar-refractivity contribution < 1.29 is 19.4 Å². The number of hydrogen-bond acceptors (Lipinski definition) is 5. The van der Waals surface area contributed by atoms with Crippen LogP contribution in [0.4, 0.5) is 0 Å². The normalized spacial score (nSPS) is 10.9. The van der Waals surface area contributed by atoms with E-state index in [1.54, 1.807) is 6.07 Å². The summed E-state index contributed by atoms with van der Waals surface area (Å²) in [6.07, 6.45) is 0. The molecule has 86 valence electrons. The Morgan fingerprint density at radius 3 is 2.19 bits per heavy atom. The minimum absolute atomic E-state index is 0.0238. The van der Waals surface area contributed by atoms with Gasteiger partial charge in [0, 0.05) is 0 Å². The Hall–Kier alpha value is -1.14. The van der Waals surface area contributed by atoms with Gasteiger partial charge in [-0.2, -0.15) is 0 Å². The number of benzene rings is 1. The van der Waals surface area contributed by atoms with Crippen molar-refractivity contribution in [2.75, 3.05) is 0 Å². The van der Waals surface area contributed by atoms with Crippen molar-refractivity contribution in [1.29, 1.82) is 0 Å². The van der Waals surface area contributed by atoms with Crippen LogP contribution >= 0.6 is 25.3 Å². The molecule has 0 heterocycles. The minimum atomic E-state index is -1.25. The highest BCUT2D eigenvalue weighted by Gasteiger charge is 2.23. The van der Waals surface area contributed by atoms with Crippen LogP contribution < -0.4 is 0 Å². The second kappa shape index (κ2) is 4.80. The lowest BCUT2D eigenvalue weighted by Gasteiger charge is -2.17. The van der Waals surface area contributed by atoms with Crippen molar-refractivity contribution in [2.24, 2.45) is 0 Å². The molecule has 0 amide bonds. The predicted molar refractivity (Wildman–Crippen MR) is 65.2 cm³/mol. The molecule has 0 saturated carbocycles. The van der Waals surface area contributed by atoms with E-state index < -0.39 is 16.2 Å². The molecule has 0 unspecified atom stereocenters. The van der Waals surface area contributed by atoms with Crippen molar-refractivity contribution in [1.82, 2.24) is 0 Å². The molecule has 1 rings (SSSR count). The van der Waals surface area contributed by atoms with E-state index >= 15 is 0 Å². The Labute approximate surface area is 103 Å². The Kier molecular flexibility index (Phi) is 3.88. The van der Waals surface area contributed by atoms with Gasteiger partial charge in [0.15, 0.2) is 4.27 Å². The molecule has 1 aromatic rings. The maximum Gasteiger partial charge on any atom is 0.341 e. The zero-order valence-electron chi connectivity index (χ0n) is 8.38. The zero-order valence-corrected chi connectivity index (χ0v) is 10.2. The number of carboxylic acid groups (broad SMARTS) is 1. The van der Waals surface area contributed by atoms with E-state index in [0.717, 1.165) is 0 Å².